The molecule has 20 heavy (non-hydrogen) atoms. The molecule has 7 nitrogen and oxygen atoms in total. The molecule has 0 amide bonds. The normalized spacial score (nSPS) is 10.8. The summed E-state index contributed by atoms with van der Waals surface area (Å²) in [4.78, 5) is 23.1. The minimum Gasteiger partial charge on any atom is -0.465 e. The maximum absolute atomic E-state index is 11.7. The van der Waals surface area contributed by atoms with Gasteiger partial charge in [0.1, 0.15) is 0 Å². The number of carbonyl (C=O) groups excluding carboxylic acids is 2. The molecule has 0 saturated heterocycles. The molecule has 8 heteroatoms. The smallest absolute Gasteiger partial charge is 0.340 e. The van der Waals surface area contributed by atoms with Gasteiger partial charge in [-0.2, -0.15) is 0 Å². The predicted molar refractivity (Wildman–Crippen MR) is 72.4 cm³/mol. The Hall–Kier alpha value is -2.09. The van der Waals surface area contributed by atoms with Gasteiger partial charge < -0.3 is 9.47 Å². The van der Waals surface area contributed by atoms with Crippen molar-refractivity contribution in [3.63, 3.8) is 0 Å². The molecule has 0 bridgehead atoms. The largest absolute Gasteiger partial charge is 0.465 e. The summed E-state index contributed by atoms with van der Waals surface area (Å²) >= 11 is 0. The number of methoxy groups -OCH3 is 2. The van der Waals surface area contributed by atoms with Crippen LogP contribution < -0.4 is 4.31 Å². The van der Waals surface area contributed by atoms with Crippen LogP contribution in [0.25, 0.3) is 0 Å². The Labute approximate surface area is 117 Å². The van der Waals surface area contributed by atoms with Gasteiger partial charge in [0.2, 0.25) is 10.0 Å². The third kappa shape index (κ3) is 3.27. The molecule has 0 aliphatic heterocycles. The Morgan fingerprint density at radius 3 is 2.10 bits per heavy atom. The van der Waals surface area contributed by atoms with E-state index in [4.69, 9.17) is 0 Å². The van der Waals surface area contributed by atoms with Gasteiger partial charge in [-0.25, -0.2) is 18.0 Å². The molecular weight excluding hydrogens is 286 g/mol. The molecule has 0 radical (unpaired) electrons. The third-order valence-corrected chi connectivity index (χ3v) is 3.85. The van der Waals surface area contributed by atoms with Crippen molar-refractivity contribution in [2.45, 2.75) is 0 Å². The van der Waals surface area contributed by atoms with Gasteiger partial charge in [0.05, 0.1) is 37.3 Å². The zero-order chi connectivity index (χ0) is 15.5. The molecule has 0 aromatic heterocycles. The van der Waals surface area contributed by atoms with Gasteiger partial charge in [0.25, 0.3) is 0 Å². The number of rotatable bonds is 4. The summed E-state index contributed by atoms with van der Waals surface area (Å²) in [7, 11) is 0.0663. The number of ether oxygens (including phenoxy) is 2. The van der Waals surface area contributed by atoms with Crippen LogP contribution in [-0.4, -0.2) is 47.9 Å². The van der Waals surface area contributed by atoms with E-state index in [2.05, 4.69) is 9.47 Å². The molecule has 0 fully saturated rings. The summed E-state index contributed by atoms with van der Waals surface area (Å²) < 4.78 is 33.3. The summed E-state index contributed by atoms with van der Waals surface area (Å²) in [6, 6.07) is 3.94. The molecule has 0 aliphatic rings. The van der Waals surface area contributed by atoms with Crippen molar-refractivity contribution in [2.75, 3.05) is 31.8 Å². The fourth-order valence-corrected chi connectivity index (χ4v) is 2.01. The fourth-order valence-electron chi connectivity index (χ4n) is 1.50. The van der Waals surface area contributed by atoms with Gasteiger partial charge in [-0.15, -0.1) is 0 Å². The van der Waals surface area contributed by atoms with Crippen LogP contribution in [0.2, 0.25) is 0 Å². The van der Waals surface area contributed by atoms with E-state index in [1.54, 1.807) is 0 Å². The van der Waals surface area contributed by atoms with E-state index >= 15 is 0 Å². The Morgan fingerprint density at radius 2 is 1.65 bits per heavy atom. The van der Waals surface area contributed by atoms with Crippen LogP contribution in [0.1, 0.15) is 20.7 Å². The van der Waals surface area contributed by atoms with Crippen LogP contribution in [0.5, 0.6) is 0 Å². The molecule has 0 heterocycles. The average molecular weight is 301 g/mol. The second-order valence-corrected chi connectivity index (χ2v) is 5.96. The fraction of sp³-hybridized carbons (Fsp3) is 0.333. The molecule has 1 aromatic carbocycles. The molecule has 0 N–H and O–H groups in total. The second kappa shape index (κ2) is 5.91. The Balaban J connectivity index is 3.49. The van der Waals surface area contributed by atoms with Crippen LogP contribution in [0, 0.1) is 0 Å². The zero-order valence-corrected chi connectivity index (χ0v) is 12.4. The van der Waals surface area contributed by atoms with Crippen molar-refractivity contribution in [3.05, 3.63) is 29.3 Å². The summed E-state index contributed by atoms with van der Waals surface area (Å²) in [6.07, 6.45) is 0.985. The predicted octanol–water partition coefficient (Wildman–Crippen LogP) is 0.656. The lowest BCUT2D eigenvalue weighted by Gasteiger charge is -2.20. The molecule has 0 saturated carbocycles. The first-order chi connectivity index (χ1) is 9.22. The molecule has 0 aliphatic carbocycles. The molecule has 0 unspecified atom stereocenters. The maximum atomic E-state index is 11.7. The van der Waals surface area contributed by atoms with Crippen LogP contribution in [0.15, 0.2) is 18.2 Å². The minimum atomic E-state index is -3.60. The summed E-state index contributed by atoms with van der Waals surface area (Å²) in [5, 5.41) is 0. The van der Waals surface area contributed by atoms with E-state index in [9.17, 15) is 18.0 Å². The number of hydrogen-bond acceptors (Lipinski definition) is 6. The number of nitrogens with zero attached hydrogens (tertiary/aromatic N) is 1. The van der Waals surface area contributed by atoms with Gasteiger partial charge in [-0.3, -0.25) is 4.31 Å². The number of anilines is 1. The highest BCUT2D eigenvalue weighted by atomic mass is 32.2. The third-order valence-electron chi connectivity index (χ3n) is 2.66. The molecule has 1 rings (SSSR count). The lowest BCUT2D eigenvalue weighted by Crippen LogP contribution is -2.27. The maximum Gasteiger partial charge on any atom is 0.340 e. The molecule has 1 aromatic rings. The monoisotopic (exact) mass is 301 g/mol. The van der Waals surface area contributed by atoms with E-state index < -0.39 is 22.0 Å². The molecular formula is C12H15NO6S. The Morgan fingerprint density at radius 1 is 1.10 bits per heavy atom. The average Bonchev–Trinajstić information content (AvgIpc) is 2.43. The Bertz CT molecular complexity index is 637. The standard InChI is InChI=1S/C12H15NO6S/c1-13(20(4,16)17)10-7-8(11(14)18-2)5-6-9(10)12(15)19-3/h5-7H,1-4H3. The van der Waals surface area contributed by atoms with E-state index in [-0.39, 0.29) is 16.8 Å². The number of hydrogen-bond donors (Lipinski definition) is 0. The van der Waals surface area contributed by atoms with Gasteiger partial charge in [-0.05, 0) is 18.2 Å². The van der Waals surface area contributed by atoms with Crippen LogP contribution in [0.4, 0.5) is 5.69 Å². The Kier molecular flexibility index (Phi) is 4.72. The first-order valence-electron chi connectivity index (χ1n) is 5.47. The summed E-state index contributed by atoms with van der Waals surface area (Å²) in [5.74, 6) is -1.34. The number of carbonyl (C=O) groups is 2. The highest BCUT2D eigenvalue weighted by molar-refractivity contribution is 7.92. The quantitative estimate of drug-likeness (QED) is 0.759. The number of esters is 2. The minimum absolute atomic E-state index is 0.0353. The van der Waals surface area contributed by atoms with Crippen LogP contribution in [-0.2, 0) is 19.5 Å². The van der Waals surface area contributed by atoms with Crippen LogP contribution in [0.3, 0.4) is 0 Å². The molecule has 0 spiro atoms. The lowest BCUT2D eigenvalue weighted by molar-refractivity contribution is 0.0587. The topological polar surface area (TPSA) is 90.0 Å². The van der Waals surface area contributed by atoms with Crippen molar-refractivity contribution in [3.8, 4) is 0 Å². The first kappa shape index (κ1) is 16.0. The SMILES string of the molecule is COC(=O)c1ccc(C(=O)OC)c(N(C)S(C)(=O)=O)c1. The van der Waals surface area contributed by atoms with Gasteiger partial charge in [-0.1, -0.05) is 0 Å². The van der Waals surface area contributed by atoms with E-state index in [1.165, 1.54) is 39.5 Å². The molecule has 0 atom stereocenters. The second-order valence-electron chi connectivity index (χ2n) is 3.95. The van der Waals surface area contributed by atoms with Crippen LogP contribution >= 0.6 is 0 Å². The van der Waals surface area contributed by atoms with E-state index in [0.717, 1.165) is 10.6 Å². The van der Waals surface area contributed by atoms with E-state index in [1.807, 2.05) is 0 Å². The zero-order valence-electron chi connectivity index (χ0n) is 11.5. The van der Waals surface area contributed by atoms with Crippen molar-refractivity contribution in [1.29, 1.82) is 0 Å². The van der Waals surface area contributed by atoms with Crippen molar-refractivity contribution >= 4 is 27.6 Å². The summed E-state index contributed by atoms with van der Waals surface area (Å²) in [6.45, 7) is 0. The highest BCUT2D eigenvalue weighted by Gasteiger charge is 2.22. The van der Waals surface area contributed by atoms with Crippen molar-refractivity contribution < 1.29 is 27.5 Å². The van der Waals surface area contributed by atoms with E-state index in [0.29, 0.717) is 0 Å². The van der Waals surface area contributed by atoms with Crippen molar-refractivity contribution in [2.24, 2.45) is 0 Å². The lowest BCUT2D eigenvalue weighted by atomic mass is 10.1. The number of benzene rings is 1. The summed E-state index contributed by atoms with van der Waals surface area (Å²) in [5.41, 5.74) is 0.209. The highest BCUT2D eigenvalue weighted by Crippen LogP contribution is 2.24. The van der Waals surface area contributed by atoms with Gasteiger partial charge in [0, 0.05) is 7.05 Å². The first-order valence-corrected chi connectivity index (χ1v) is 7.31. The van der Waals surface area contributed by atoms with Crippen molar-refractivity contribution in [1.82, 2.24) is 0 Å². The molecule has 110 valence electrons. The number of sulfonamides is 1. The van der Waals surface area contributed by atoms with Gasteiger partial charge >= 0.3 is 11.9 Å². The van der Waals surface area contributed by atoms with Gasteiger partial charge in [0.15, 0.2) is 0 Å².